The van der Waals surface area contributed by atoms with Crippen molar-refractivity contribution in [2.45, 2.75) is 12.3 Å². The number of hydrogen-bond donors (Lipinski definition) is 1. The van der Waals surface area contributed by atoms with Crippen molar-refractivity contribution in [2.75, 3.05) is 13.2 Å². The second-order valence-electron chi connectivity index (χ2n) is 7.15. The largest absolute Gasteiger partial charge is 0.449 e. The molecule has 31 heavy (non-hydrogen) atoms. The number of nitrogens with one attached hydrogen (secondary N) is 1. The van der Waals surface area contributed by atoms with Crippen molar-refractivity contribution in [3.05, 3.63) is 99.7 Å². The summed E-state index contributed by atoms with van der Waals surface area (Å²) in [6.07, 6.45) is 5.25. The zero-order valence-corrected chi connectivity index (χ0v) is 16.7. The van der Waals surface area contributed by atoms with E-state index in [1.54, 1.807) is 12.1 Å². The summed E-state index contributed by atoms with van der Waals surface area (Å²) in [6.45, 7) is 0.706. The molecular weight excluding hydrogens is 394 g/mol. The number of pyridine rings is 1. The van der Waals surface area contributed by atoms with Crippen LogP contribution in [0, 0.1) is 10.1 Å². The lowest BCUT2D eigenvalue weighted by Gasteiger charge is -2.14. The fraction of sp³-hybridized carbons (Fsp3) is 0.167. The molecule has 1 aliphatic carbocycles. The molecule has 156 valence electrons. The fourth-order valence-corrected chi connectivity index (χ4v) is 3.73. The molecule has 1 aromatic heterocycles. The number of carbonyl (C=O) groups excluding carboxylic acids is 1. The van der Waals surface area contributed by atoms with Crippen LogP contribution in [0.4, 0.5) is 10.6 Å². The maximum Gasteiger partial charge on any atom is 0.407 e. The number of carbonyl (C=O) groups is 1. The van der Waals surface area contributed by atoms with Gasteiger partial charge in [0.1, 0.15) is 12.8 Å². The van der Waals surface area contributed by atoms with Gasteiger partial charge in [-0.2, -0.15) is 0 Å². The first kappa shape index (κ1) is 20.3. The first-order chi connectivity index (χ1) is 15.1. The van der Waals surface area contributed by atoms with Crippen molar-refractivity contribution >= 4 is 18.0 Å². The van der Waals surface area contributed by atoms with Crippen molar-refractivity contribution in [3.8, 4) is 11.1 Å². The monoisotopic (exact) mass is 415 g/mol. The van der Waals surface area contributed by atoms with Crippen LogP contribution in [0.5, 0.6) is 0 Å². The molecule has 7 nitrogen and oxygen atoms in total. The summed E-state index contributed by atoms with van der Waals surface area (Å²) in [6, 6.07) is 19.4. The maximum absolute atomic E-state index is 12.1. The van der Waals surface area contributed by atoms with Crippen LogP contribution >= 0.6 is 0 Å². The highest BCUT2D eigenvalue weighted by molar-refractivity contribution is 5.79. The molecule has 0 saturated carbocycles. The Morgan fingerprint density at radius 3 is 2.35 bits per heavy atom. The normalized spacial score (nSPS) is 12.4. The number of nitro groups is 1. The van der Waals surface area contributed by atoms with Crippen molar-refractivity contribution in [1.29, 1.82) is 0 Å². The number of amides is 1. The van der Waals surface area contributed by atoms with E-state index in [9.17, 15) is 14.9 Å². The summed E-state index contributed by atoms with van der Waals surface area (Å²) >= 11 is 0. The Labute approximate surface area is 179 Å². The Morgan fingerprint density at radius 1 is 1.06 bits per heavy atom. The van der Waals surface area contributed by atoms with Crippen LogP contribution < -0.4 is 5.32 Å². The van der Waals surface area contributed by atoms with E-state index in [-0.39, 0.29) is 18.3 Å². The predicted octanol–water partition coefficient (Wildman–Crippen LogP) is 4.93. The fourth-order valence-electron chi connectivity index (χ4n) is 3.73. The van der Waals surface area contributed by atoms with Gasteiger partial charge in [-0.3, -0.25) is 0 Å². The number of hydrogen-bond acceptors (Lipinski definition) is 5. The molecule has 0 aliphatic heterocycles. The molecule has 0 bridgehead atoms. The van der Waals surface area contributed by atoms with Crippen LogP contribution in [0.15, 0.2) is 72.9 Å². The van der Waals surface area contributed by atoms with Crippen LogP contribution in [-0.2, 0) is 4.74 Å². The molecule has 0 saturated heterocycles. The lowest BCUT2D eigenvalue weighted by Crippen LogP contribution is -2.26. The molecule has 1 heterocycles. The molecule has 2 aromatic carbocycles. The summed E-state index contributed by atoms with van der Waals surface area (Å²) in [5.74, 6) is -0.151. The second-order valence-corrected chi connectivity index (χ2v) is 7.15. The number of aromatic nitrogens is 1. The Kier molecular flexibility index (Phi) is 6.03. The predicted molar refractivity (Wildman–Crippen MR) is 118 cm³/mol. The van der Waals surface area contributed by atoms with Gasteiger partial charge in [-0.1, -0.05) is 60.7 Å². The van der Waals surface area contributed by atoms with E-state index in [2.05, 4.69) is 34.6 Å². The SMILES string of the molecule is O=C(NCCC=Cc1ccc([N+](=O)[O-])nc1)OCC1c2ccccc2-c2ccccc21. The molecule has 1 N–H and O–H groups in total. The van der Waals surface area contributed by atoms with E-state index >= 15 is 0 Å². The molecular formula is C24H21N3O4. The molecule has 7 heteroatoms. The minimum absolute atomic E-state index is 0.0349. The number of ether oxygens (including phenoxy) is 1. The van der Waals surface area contributed by atoms with Crippen LogP contribution in [0.25, 0.3) is 17.2 Å². The maximum atomic E-state index is 12.1. The summed E-state index contributed by atoms with van der Waals surface area (Å²) in [4.78, 5) is 26.0. The summed E-state index contributed by atoms with van der Waals surface area (Å²) < 4.78 is 5.49. The third-order valence-electron chi connectivity index (χ3n) is 5.19. The lowest BCUT2D eigenvalue weighted by atomic mass is 9.98. The molecule has 0 spiro atoms. The Morgan fingerprint density at radius 2 is 1.74 bits per heavy atom. The van der Waals surface area contributed by atoms with Gasteiger partial charge in [0.2, 0.25) is 0 Å². The number of nitrogens with zero attached hydrogens (tertiary/aromatic N) is 2. The van der Waals surface area contributed by atoms with Gasteiger partial charge in [-0.25, -0.2) is 4.79 Å². The van der Waals surface area contributed by atoms with E-state index in [1.165, 1.54) is 34.5 Å². The van der Waals surface area contributed by atoms with Crippen LogP contribution in [0.3, 0.4) is 0 Å². The minimum atomic E-state index is -0.536. The average molecular weight is 415 g/mol. The zero-order valence-electron chi connectivity index (χ0n) is 16.7. The van der Waals surface area contributed by atoms with E-state index in [1.807, 2.05) is 30.3 Å². The molecule has 0 unspecified atom stereocenters. The average Bonchev–Trinajstić information content (AvgIpc) is 3.11. The second kappa shape index (κ2) is 9.21. The summed E-state index contributed by atoms with van der Waals surface area (Å²) in [5, 5.41) is 13.4. The van der Waals surface area contributed by atoms with E-state index in [0.29, 0.717) is 13.0 Å². The number of benzene rings is 2. The number of fused-ring (bicyclic) bond motifs is 3. The van der Waals surface area contributed by atoms with Gasteiger partial charge in [-0.05, 0) is 44.6 Å². The van der Waals surface area contributed by atoms with Gasteiger partial charge in [-0.15, -0.1) is 0 Å². The quantitative estimate of drug-likeness (QED) is 0.335. The van der Waals surface area contributed by atoms with Crippen LogP contribution in [0.1, 0.15) is 29.0 Å². The molecule has 0 atom stereocenters. The van der Waals surface area contributed by atoms with Crippen LogP contribution in [-0.4, -0.2) is 29.2 Å². The lowest BCUT2D eigenvalue weighted by molar-refractivity contribution is -0.389. The number of rotatable bonds is 7. The minimum Gasteiger partial charge on any atom is -0.449 e. The van der Waals surface area contributed by atoms with Gasteiger partial charge in [0.05, 0.1) is 0 Å². The molecule has 1 aliphatic rings. The Bertz CT molecular complexity index is 1080. The highest BCUT2D eigenvalue weighted by Crippen LogP contribution is 2.44. The van der Waals surface area contributed by atoms with Crippen molar-refractivity contribution in [3.63, 3.8) is 0 Å². The van der Waals surface area contributed by atoms with Gasteiger partial charge < -0.3 is 20.2 Å². The van der Waals surface area contributed by atoms with Crippen molar-refractivity contribution in [2.24, 2.45) is 0 Å². The smallest absolute Gasteiger partial charge is 0.407 e. The van der Waals surface area contributed by atoms with E-state index in [0.717, 1.165) is 5.56 Å². The highest BCUT2D eigenvalue weighted by atomic mass is 16.6. The van der Waals surface area contributed by atoms with Crippen LogP contribution in [0.2, 0.25) is 0 Å². The Hall–Kier alpha value is -4.00. The standard InChI is InChI=1S/C24H21N3O4/c28-24(25-14-6-5-7-17-12-13-23(26-15-17)27(29)30)31-16-22-20-10-3-1-8-18(20)19-9-2-4-11-21(19)22/h1-5,7-13,15,22H,6,14,16H2,(H,25,28). The highest BCUT2D eigenvalue weighted by Gasteiger charge is 2.28. The van der Waals surface area contributed by atoms with Crippen molar-refractivity contribution in [1.82, 2.24) is 10.3 Å². The van der Waals surface area contributed by atoms with Gasteiger partial charge in [0.25, 0.3) is 0 Å². The summed E-state index contributed by atoms with van der Waals surface area (Å²) in [5.41, 5.74) is 5.50. The first-order valence-corrected chi connectivity index (χ1v) is 9.99. The molecule has 0 fully saturated rings. The summed E-state index contributed by atoms with van der Waals surface area (Å²) in [7, 11) is 0. The van der Waals surface area contributed by atoms with Gasteiger partial charge in [0.15, 0.2) is 0 Å². The third kappa shape index (κ3) is 4.61. The first-order valence-electron chi connectivity index (χ1n) is 9.99. The number of alkyl carbamates (subject to hydrolysis) is 1. The Balaban J connectivity index is 1.25. The topological polar surface area (TPSA) is 94.4 Å². The molecule has 4 rings (SSSR count). The zero-order chi connectivity index (χ0) is 21.6. The molecule has 3 aromatic rings. The van der Waals surface area contributed by atoms with E-state index in [4.69, 9.17) is 4.74 Å². The van der Waals surface area contributed by atoms with Crippen molar-refractivity contribution < 1.29 is 14.5 Å². The molecule has 0 radical (unpaired) electrons. The van der Waals surface area contributed by atoms with E-state index < -0.39 is 11.0 Å². The molecule has 1 amide bonds. The third-order valence-corrected chi connectivity index (χ3v) is 5.19. The van der Waals surface area contributed by atoms with Gasteiger partial charge >= 0.3 is 11.9 Å². The van der Waals surface area contributed by atoms with Gasteiger partial charge in [0, 0.05) is 24.1 Å².